The number of aromatic nitrogens is 2. The fraction of sp³-hybridized carbons (Fsp3) is 0.529. The van der Waals surface area contributed by atoms with Gasteiger partial charge in [-0.05, 0) is 28.5 Å². The van der Waals surface area contributed by atoms with Crippen molar-refractivity contribution in [1.82, 2.24) is 14.9 Å². The topological polar surface area (TPSA) is 44.7 Å². The monoisotopic (exact) mass is 345 g/mol. The molecule has 2 saturated heterocycles. The number of fused-ring (bicyclic) bond motifs is 1. The van der Waals surface area contributed by atoms with Crippen LogP contribution < -0.4 is 9.80 Å². The number of likely N-dealkylation sites (tertiary alicyclic amines) is 1. The molecule has 128 valence electrons. The number of anilines is 2. The fourth-order valence-corrected chi connectivity index (χ4v) is 4.19. The van der Waals surface area contributed by atoms with Gasteiger partial charge < -0.3 is 14.5 Å². The molecule has 2 aromatic heterocycles. The minimum Gasteiger partial charge on any atom is -0.373 e. The maximum Gasteiger partial charge on any atom is 0.226 e. The molecule has 0 bridgehead atoms. The molecular weight excluding hydrogens is 322 g/mol. The van der Waals surface area contributed by atoms with E-state index in [4.69, 9.17) is 9.72 Å². The van der Waals surface area contributed by atoms with Crippen molar-refractivity contribution in [2.24, 2.45) is 0 Å². The van der Waals surface area contributed by atoms with Crippen LogP contribution in [-0.4, -0.2) is 67.4 Å². The first kappa shape index (κ1) is 15.8. The first-order valence-electron chi connectivity index (χ1n) is 8.33. The quantitative estimate of drug-likeness (QED) is 0.840. The molecule has 0 radical (unpaired) electrons. The van der Waals surface area contributed by atoms with Gasteiger partial charge in [0.15, 0.2) is 0 Å². The molecule has 0 spiro atoms. The zero-order chi connectivity index (χ0) is 16.5. The van der Waals surface area contributed by atoms with Gasteiger partial charge in [-0.15, -0.1) is 0 Å². The largest absolute Gasteiger partial charge is 0.373 e. The molecule has 0 N–H and O–H groups in total. The zero-order valence-electron chi connectivity index (χ0n) is 14.1. The molecule has 0 unspecified atom stereocenters. The fourth-order valence-electron chi connectivity index (χ4n) is 3.53. The van der Waals surface area contributed by atoms with Crippen molar-refractivity contribution in [3.8, 4) is 0 Å². The van der Waals surface area contributed by atoms with E-state index in [1.165, 1.54) is 5.56 Å². The number of rotatable bonds is 4. The summed E-state index contributed by atoms with van der Waals surface area (Å²) in [5.74, 6) is 1.76. The van der Waals surface area contributed by atoms with Crippen molar-refractivity contribution in [3.05, 3.63) is 34.7 Å². The molecule has 24 heavy (non-hydrogen) atoms. The third-order valence-electron chi connectivity index (χ3n) is 4.69. The Balaban J connectivity index is 1.51. The Kier molecular flexibility index (Phi) is 4.39. The van der Waals surface area contributed by atoms with E-state index in [0.29, 0.717) is 6.04 Å². The minimum atomic E-state index is 0.259. The van der Waals surface area contributed by atoms with Crippen molar-refractivity contribution in [3.63, 3.8) is 0 Å². The van der Waals surface area contributed by atoms with Gasteiger partial charge in [-0.3, -0.25) is 4.90 Å². The number of morpholine rings is 1. The average Bonchev–Trinajstić information content (AvgIpc) is 3.23. The average molecular weight is 345 g/mol. The second-order valence-corrected chi connectivity index (χ2v) is 7.38. The highest BCUT2D eigenvalue weighted by atomic mass is 32.1. The Labute approximate surface area is 146 Å². The summed E-state index contributed by atoms with van der Waals surface area (Å²) in [5, 5.41) is 4.37. The summed E-state index contributed by atoms with van der Waals surface area (Å²) >= 11 is 1.76. The van der Waals surface area contributed by atoms with Gasteiger partial charge in [0.2, 0.25) is 5.95 Å². The van der Waals surface area contributed by atoms with E-state index in [1.807, 2.05) is 31.3 Å². The second kappa shape index (κ2) is 6.66. The molecule has 6 nitrogen and oxygen atoms in total. The van der Waals surface area contributed by atoms with Gasteiger partial charge in [0.1, 0.15) is 5.82 Å². The van der Waals surface area contributed by atoms with Crippen molar-refractivity contribution in [2.45, 2.75) is 18.7 Å². The molecule has 0 saturated carbocycles. The number of ether oxygens (including phenoxy) is 1. The van der Waals surface area contributed by atoms with Crippen LogP contribution in [0.4, 0.5) is 11.8 Å². The summed E-state index contributed by atoms with van der Waals surface area (Å²) in [6, 6.07) is 4.58. The van der Waals surface area contributed by atoms with Crippen LogP contribution in [0.25, 0.3) is 0 Å². The molecule has 2 atom stereocenters. The molecular formula is C17H23N5OS. The molecule has 2 fully saturated rings. The van der Waals surface area contributed by atoms with Crippen LogP contribution in [0.15, 0.2) is 29.1 Å². The lowest BCUT2D eigenvalue weighted by Crippen LogP contribution is -2.51. The van der Waals surface area contributed by atoms with Crippen molar-refractivity contribution < 1.29 is 4.74 Å². The van der Waals surface area contributed by atoms with Crippen LogP contribution in [-0.2, 0) is 11.3 Å². The lowest BCUT2D eigenvalue weighted by Gasteiger charge is -2.37. The summed E-state index contributed by atoms with van der Waals surface area (Å²) in [4.78, 5) is 15.9. The Morgan fingerprint density at radius 1 is 1.33 bits per heavy atom. The van der Waals surface area contributed by atoms with Gasteiger partial charge in [0.05, 0.1) is 18.8 Å². The zero-order valence-corrected chi connectivity index (χ0v) is 14.9. The van der Waals surface area contributed by atoms with Gasteiger partial charge in [-0.2, -0.15) is 16.3 Å². The first-order chi connectivity index (χ1) is 11.7. The molecule has 2 aliphatic heterocycles. The number of hydrogen-bond acceptors (Lipinski definition) is 7. The van der Waals surface area contributed by atoms with E-state index in [9.17, 15) is 0 Å². The Hall–Kier alpha value is -1.70. The Morgan fingerprint density at radius 3 is 3.04 bits per heavy atom. The highest BCUT2D eigenvalue weighted by Gasteiger charge is 2.40. The van der Waals surface area contributed by atoms with Crippen LogP contribution in [0.5, 0.6) is 0 Å². The second-order valence-electron chi connectivity index (χ2n) is 6.60. The van der Waals surface area contributed by atoms with Crippen molar-refractivity contribution >= 4 is 23.1 Å². The van der Waals surface area contributed by atoms with Crippen LogP contribution in [0, 0.1) is 0 Å². The highest BCUT2D eigenvalue weighted by molar-refractivity contribution is 7.07. The van der Waals surface area contributed by atoms with Gasteiger partial charge in [0, 0.05) is 46.5 Å². The molecule has 2 aromatic rings. The third kappa shape index (κ3) is 3.11. The number of nitrogens with zero attached hydrogens (tertiary/aromatic N) is 5. The van der Waals surface area contributed by atoms with Gasteiger partial charge in [-0.25, -0.2) is 4.98 Å². The minimum absolute atomic E-state index is 0.259. The Morgan fingerprint density at radius 2 is 2.25 bits per heavy atom. The molecule has 0 aromatic carbocycles. The van der Waals surface area contributed by atoms with Crippen molar-refractivity contribution in [2.75, 3.05) is 50.1 Å². The molecule has 4 rings (SSSR count). The summed E-state index contributed by atoms with van der Waals surface area (Å²) in [7, 11) is 3.94. The van der Waals surface area contributed by atoms with Gasteiger partial charge in [0.25, 0.3) is 0 Å². The van der Waals surface area contributed by atoms with Crippen LogP contribution in [0.2, 0.25) is 0 Å². The normalized spacial score (nSPS) is 24.2. The maximum absolute atomic E-state index is 6.05. The van der Waals surface area contributed by atoms with E-state index in [0.717, 1.165) is 44.6 Å². The number of thiophene rings is 1. The predicted octanol–water partition coefficient (Wildman–Crippen LogP) is 1.69. The van der Waals surface area contributed by atoms with Crippen LogP contribution in [0.3, 0.4) is 0 Å². The smallest absolute Gasteiger partial charge is 0.226 e. The summed E-state index contributed by atoms with van der Waals surface area (Å²) < 4.78 is 6.05. The van der Waals surface area contributed by atoms with Crippen LogP contribution in [0.1, 0.15) is 5.56 Å². The van der Waals surface area contributed by atoms with E-state index < -0.39 is 0 Å². The van der Waals surface area contributed by atoms with E-state index >= 15 is 0 Å². The predicted molar refractivity (Wildman–Crippen MR) is 96.8 cm³/mol. The number of hydrogen-bond donors (Lipinski definition) is 0. The summed E-state index contributed by atoms with van der Waals surface area (Å²) in [6.45, 7) is 4.65. The van der Waals surface area contributed by atoms with E-state index in [2.05, 4.69) is 31.6 Å². The lowest BCUT2D eigenvalue weighted by molar-refractivity contribution is 0.0303. The van der Waals surface area contributed by atoms with E-state index in [1.54, 1.807) is 11.3 Å². The third-order valence-corrected chi connectivity index (χ3v) is 5.42. The first-order valence-corrected chi connectivity index (χ1v) is 9.27. The molecule has 0 amide bonds. The molecule has 2 aliphatic rings. The highest BCUT2D eigenvalue weighted by Crippen LogP contribution is 2.28. The summed E-state index contributed by atoms with van der Waals surface area (Å²) in [5.41, 5.74) is 1.39. The van der Waals surface area contributed by atoms with Gasteiger partial charge >= 0.3 is 0 Å². The molecule has 0 aliphatic carbocycles. The Bertz CT molecular complexity index is 677. The lowest BCUT2D eigenvalue weighted by atomic mass is 10.1. The summed E-state index contributed by atoms with van der Waals surface area (Å²) in [6.07, 6.45) is 2.11. The SMILES string of the molecule is CN(C)c1nccc(N2CCO[C@@H]3CN(Cc4ccsc4)C[C@@H]32)n1. The van der Waals surface area contributed by atoms with Gasteiger partial charge in [-0.1, -0.05) is 0 Å². The standard InChI is InChI=1S/C17H23N5OS/c1-20(2)17-18-5-3-16(19-17)22-6-7-23-15-11-21(10-14(15)22)9-13-4-8-24-12-13/h3-5,8,12,14-15H,6-7,9-11H2,1-2H3/t14-,15+/m0/s1. The van der Waals surface area contributed by atoms with Crippen molar-refractivity contribution in [1.29, 1.82) is 0 Å². The van der Waals surface area contributed by atoms with Crippen LogP contribution >= 0.6 is 11.3 Å². The molecule has 7 heteroatoms. The maximum atomic E-state index is 6.05. The molecule has 4 heterocycles. The van der Waals surface area contributed by atoms with E-state index in [-0.39, 0.29) is 6.10 Å².